The lowest BCUT2D eigenvalue weighted by Crippen LogP contribution is -1.91. The quantitative estimate of drug-likeness (QED) is 0.723. The first-order valence-corrected chi connectivity index (χ1v) is 6.44. The molecule has 0 unspecified atom stereocenters. The van der Waals surface area contributed by atoms with E-state index in [0.717, 1.165) is 27.3 Å². The number of anilines is 1. The van der Waals surface area contributed by atoms with Gasteiger partial charge >= 0.3 is 0 Å². The van der Waals surface area contributed by atoms with Crippen LogP contribution in [0.3, 0.4) is 0 Å². The SMILES string of the molecule is Cc1ccc(C=O)cc1-c1nc2c(N)ncnc2s1. The number of nitrogens with two attached hydrogens (primary N) is 1. The molecule has 19 heavy (non-hydrogen) atoms. The molecule has 2 N–H and O–H groups in total. The number of carbonyl (C=O) groups excluding carboxylic acids is 1. The van der Waals surface area contributed by atoms with E-state index < -0.39 is 0 Å². The minimum Gasteiger partial charge on any atom is -0.382 e. The molecule has 94 valence electrons. The molecule has 0 aliphatic heterocycles. The van der Waals surface area contributed by atoms with E-state index in [9.17, 15) is 4.79 Å². The van der Waals surface area contributed by atoms with Crippen LogP contribution in [-0.4, -0.2) is 21.2 Å². The normalized spacial score (nSPS) is 10.8. The van der Waals surface area contributed by atoms with Gasteiger partial charge in [-0.1, -0.05) is 23.5 Å². The number of nitrogens with zero attached hydrogens (tertiary/aromatic N) is 3. The third-order valence-corrected chi connectivity index (χ3v) is 3.85. The Labute approximate surface area is 113 Å². The largest absolute Gasteiger partial charge is 0.382 e. The van der Waals surface area contributed by atoms with E-state index in [2.05, 4.69) is 15.0 Å². The predicted octanol–water partition coefficient (Wildman–Crippen LogP) is 2.46. The number of hydrogen-bond acceptors (Lipinski definition) is 6. The van der Waals surface area contributed by atoms with Crippen LogP contribution in [0.2, 0.25) is 0 Å². The van der Waals surface area contributed by atoms with Gasteiger partial charge in [-0.3, -0.25) is 4.79 Å². The molecule has 0 saturated carbocycles. The second-order valence-corrected chi connectivity index (χ2v) is 5.10. The number of hydrogen-bond donors (Lipinski definition) is 1. The maximum Gasteiger partial charge on any atom is 0.154 e. The van der Waals surface area contributed by atoms with Crippen LogP contribution in [0.15, 0.2) is 24.5 Å². The van der Waals surface area contributed by atoms with Crippen molar-refractivity contribution in [2.75, 3.05) is 5.73 Å². The van der Waals surface area contributed by atoms with Crippen molar-refractivity contribution in [3.63, 3.8) is 0 Å². The van der Waals surface area contributed by atoms with E-state index in [1.54, 1.807) is 6.07 Å². The Kier molecular flexibility index (Phi) is 2.72. The van der Waals surface area contributed by atoms with Crippen molar-refractivity contribution in [2.24, 2.45) is 0 Å². The van der Waals surface area contributed by atoms with Crippen LogP contribution in [0.1, 0.15) is 15.9 Å². The highest BCUT2D eigenvalue weighted by Gasteiger charge is 2.12. The van der Waals surface area contributed by atoms with E-state index in [1.165, 1.54) is 17.7 Å². The van der Waals surface area contributed by atoms with Gasteiger partial charge in [0, 0.05) is 11.1 Å². The second kappa shape index (κ2) is 4.40. The summed E-state index contributed by atoms with van der Waals surface area (Å²) in [6.45, 7) is 1.98. The Bertz CT molecular complexity index is 781. The zero-order valence-electron chi connectivity index (χ0n) is 10.1. The molecule has 0 amide bonds. The third-order valence-electron chi connectivity index (χ3n) is 2.85. The Balaban J connectivity index is 2.24. The van der Waals surface area contributed by atoms with Crippen molar-refractivity contribution in [1.82, 2.24) is 15.0 Å². The van der Waals surface area contributed by atoms with Crippen molar-refractivity contribution in [3.05, 3.63) is 35.7 Å². The van der Waals surface area contributed by atoms with Crippen LogP contribution in [-0.2, 0) is 0 Å². The van der Waals surface area contributed by atoms with Crippen molar-refractivity contribution >= 4 is 33.8 Å². The molecule has 0 bridgehead atoms. The number of rotatable bonds is 2. The minimum atomic E-state index is 0.372. The van der Waals surface area contributed by atoms with E-state index in [1.807, 2.05) is 19.1 Å². The summed E-state index contributed by atoms with van der Waals surface area (Å²) in [5.74, 6) is 0.372. The summed E-state index contributed by atoms with van der Waals surface area (Å²) >= 11 is 1.44. The number of aldehydes is 1. The molecule has 0 atom stereocenters. The number of aryl methyl sites for hydroxylation is 1. The third kappa shape index (κ3) is 1.96. The Morgan fingerprint density at radius 3 is 2.89 bits per heavy atom. The highest BCUT2D eigenvalue weighted by Crippen LogP contribution is 2.32. The van der Waals surface area contributed by atoms with Crippen molar-refractivity contribution in [2.45, 2.75) is 6.92 Å². The number of benzene rings is 1. The Hall–Kier alpha value is -2.34. The first kappa shape index (κ1) is 11.7. The summed E-state index contributed by atoms with van der Waals surface area (Å²) in [6.07, 6.45) is 2.25. The first-order valence-electron chi connectivity index (χ1n) is 5.62. The molecule has 2 heterocycles. The second-order valence-electron chi connectivity index (χ2n) is 4.12. The van der Waals surface area contributed by atoms with E-state index >= 15 is 0 Å². The highest BCUT2D eigenvalue weighted by molar-refractivity contribution is 7.21. The van der Waals surface area contributed by atoms with Gasteiger partial charge in [0.1, 0.15) is 28.0 Å². The molecule has 0 aliphatic carbocycles. The summed E-state index contributed by atoms with van der Waals surface area (Å²) < 4.78 is 0. The Morgan fingerprint density at radius 1 is 1.32 bits per heavy atom. The van der Waals surface area contributed by atoms with Gasteiger partial charge in [-0.25, -0.2) is 15.0 Å². The lowest BCUT2D eigenvalue weighted by Gasteiger charge is -2.02. The molecule has 2 aromatic heterocycles. The average molecular weight is 270 g/mol. The Morgan fingerprint density at radius 2 is 2.16 bits per heavy atom. The van der Waals surface area contributed by atoms with Crippen molar-refractivity contribution in [3.8, 4) is 10.6 Å². The zero-order chi connectivity index (χ0) is 13.4. The number of aromatic nitrogens is 3. The average Bonchev–Trinajstić information content (AvgIpc) is 2.84. The lowest BCUT2D eigenvalue weighted by atomic mass is 10.1. The van der Waals surface area contributed by atoms with Gasteiger partial charge < -0.3 is 5.73 Å². The van der Waals surface area contributed by atoms with Gasteiger partial charge in [0.2, 0.25) is 0 Å². The summed E-state index contributed by atoms with van der Waals surface area (Å²) in [7, 11) is 0. The molecule has 6 heteroatoms. The van der Waals surface area contributed by atoms with Gasteiger partial charge in [-0.15, -0.1) is 0 Å². The molecule has 1 aromatic carbocycles. The molecule has 5 nitrogen and oxygen atoms in total. The summed E-state index contributed by atoms with van der Waals surface area (Å²) in [5, 5.41) is 0.795. The number of fused-ring (bicyclic) bond motifs is 1. The highest BCUT2D eigenvalue weighted by atomic mass is 32.1. The molecule has 0 fully saturated rings. The summed E-state index contributed by atoms with van der Waals surface area (Å²) in [4.78, 5) is 24.2. The maximum atomic E-state index is 10.9. The fraction of sp³-hybridized carbons (Fsp3) is 0.0769. The number of nitrogen functional groups attached to an aromatic ring is 1. The maximum absolute atomic E-state index is 10.9. The topological polar surface area (TPSA) is 81.8 Å². The van der Waals surface area contributed by atoms with E-state index in [4.69, 9.17) is 5.73 Å². The lowest BCUT2D eigenvalue weighted by molar-refractivity contribution is 0.112. The van der Waals surface area contributed by atoms with E-state index in [0.29, 0.717) is 16.9 Å². The molecule has 0 radical (unpaired) electrons. The van der Waals surface area contributed by atoms with Crippen LogP contribution >= 0.6 is 11.3 Å². The predicted molar refractivity (Wildman–Crippen MR) is 75.2 cm³/mol. The van der Waals surface area contributed by atoms with Crippen molar-refractivity contribution in [1.29, 1.82) is 0 Å². The minimum absolute atomic E-state index is 0.372. The molecule has 0 spiro atoms. The van der Waals surface area contributed by atoms with Crippen molar-refractivity contribution < 1.29 is 4.79 Å². The van der Waals surface area contributed by atoms with Crippen LogP contribution in [0.4, 0.5) is 5.82 Å². The molecule has 0 saturated heterocycles. The number of thiazole rings is 1. The fourth-order valence-electron chi connectivity index (χ4n) is 1.83. The van der Waals surface area contributed by atoms with Crippen LogP contribution in [0.25, 0.3) is 20.9 Å². The summed E-state index contributed by atoms with van der Waals surface area (Å²) in [5.41, 5.74) is 8.99. The first-order chi connectivity index (χ1) is 9.19. The van der Waals surface area contributed by atoms with Gasteiger partial charge in [-0.05, 0) is 18.6 Å². The smallest absolute Gasteiger partial charge is 0.154 e. The summed E-state index contributed by atoms with van der Waals surface area (Å²) in [6, 6.07) is 5.51. The van der Waals surface area contributed by atoms with Gasteiger partial charge in [0.25, 0.3) is 0 Å². The molecular formula is C13H10N4OS. The number of carbonyl (C=O) groups is 1. The standard InChI is InChI=1S/C13H10N4OS/c1-7-2-3-8(5-18)4-9(7)12-17-10-11(14)15-6-16-13(10)19-12/h2-6H,1H3,(H2,14,15,16). The fourth-order valence-corrected chi connectivity index (χ4v) is 2.83. The molecular weight excluding hydrogens is 260 g/mol. The molecule has 3 aromatic rings. The molecule has 3 rings (SSSR count). The van der Waals surface area contributed by atoms with Gasteiger partial charge in [0.05, 0.1) is 0 Å². The van der Waals surface area contributed by atoms with Gasteiger partial charge in [0.15, 0.2) is 5.82 Å². The van der Waals surface area contributed by atoms with Gasteiger partial charge in [-0.2, -0.15) is 0 Å². The zero-order valence-corrected chi connectivity index (χ0v) is 10.9. The van der Waals surface area contributed by atoms with E-state index in [-0.39, 0.29) is 0 Å². The molecule has 0 aliphatic rings. The van der Waals surface area contributed by atoms with Crippen LogP contribution in [0.5, 0.6) is 0 Å². The van der Waals surface area contributed by atoms with Crippen LogP contribution in [0, 0.1) is 6.92 Å². The monoisotopic (exact) mass is 270 g/mol. The van der Waals surface area contributed by atoms with Crippen LogP contribution < -0.4 is 5.73 Å².